The van der Waals surface area contributed by atoms with Crippen molar-refractivity contribution in [1.82, 2.24) is 4.98 Å². The standard InChI is InChI=1S/C13H15FN2O2/c1-8-4-13(15-6-10(18)7-17)11-5-9(14)2-3-12(11)16-8/h2-5,10,17-18H,6-7H2,1H3,(H,15,16)/t10-/m1/s1. The van der Waals surface area contributed by atoms with Crippen LogP contribution in [0.5, 0.6) is 0 Å². The highest BCUT2D eigenvalue weighted by molar-refractivity contribution is 5.91. The molecule has 1 aromatic heterocycles. The lowest BCUT2D eigenvalue weighted by atomic mass is 10.1. The quantitative estimate of drug-likeness (QED) is 0.768. The van der Waals surface area contributed by atoms with Crippen LogP contribution in [-0.2, 0) is 0 Å². The van der Waals surface area contributed by atoms with Gasteiger partial charge in [0.25, 0.3) is 0 Å². The van der Waals surface area contributed by atoms with E-state index in [2.05, 4.69) is 10.3 Å². The van der Waals surface area contributed by atoms with Crippen LogP contribution in [0.15, 0.2) is 24.3 Å². The SMILES string of the molecule is Cc1cc(NC[C@@H](O)CO)c2cc(F)ccc2n1. The highest BCUT2D eigenvalue weighted by atomic mass is 19.1. The molecule has 1 atom stereocenters. The maximum absolute atomic E-state index is 13.2. The lowest BCUT2D eigenvalue weighted by Gasteiger charge is -2.13. The summed E-state index contributed by atoms with van der Waals surface area (Å²) in [5.74, 6) is -0.334. The summed E-state index contributed by atoms with van der Waals surface area (Å²) >= 11 is 0. The van der Waals surface area contributed by atoms with Gasteiger partial charge in [-0.15, -0.1) is 0 Å². The number of aliphatic hydroxyl groups excluding tert-OH is 2. The minimum Gasteiger partial charge on any atom is -0.394 e. The molecule has 0 spiro atoms. The van der Waals surface area contributed by atoms with E-state index in [9.17, 15) is 9.50 Å². The number of aliphatic hydroxyl groups is 2. The van der Waals surface area contributed by atoms with E-state index < -0.39 is 6.10 Å². The van der Waals surface area contributed by atoms with Gasteiger partial charge in [-0.05, 0) is 31.2 Å². The van der Waals surface area contributed by atoms with Crippen LogP contribution in [0.4, 0.5) is 10.1 Å². The number of nitrogens with zero attached hydrogens (tertiary/aromatic N) is 1. The zero-order chi connectivity index (χ0) is 13.1. The van der Waals surface area contributed by atoms with Gasteiger partial charge in [0.05, 0.1) is 18.2 Å². The summed E-state index contributed by atoms with van der Waals surface area (Å²) in [6.07, 6.45) is -0.845. The first kappa shape index (κ1) is 12.7. The van der Waals surface area contributed by atoms with Crippen molar-refractivity contribution < 1.29 is 14.6 Å². The van der Waals surface area contributed by atoms with E-state index >= 15 is 0 Å². The Balaban J connectivity index is 2.38. The maximum Gasteiger partial charge on any atom is 0.124 e. The molecule has 0 unspecified atom stereocenters. The van der Waals surface area contributed by atoms with E-state index in [1.54, 1.807) is 12.1 Å². The number of benzene rings is 1. The van der Waals surface area contributed by atoms with Gasteiger partial charge in [0.2, 0.25) is 0 Å². The number of hydrogen-bond acceptors (Lipinski definition) is 4. The molecule has 5 heteroatoms. The third kappa shape index (κ3) is 2.75. The predicted octanol–water partition coefficient (Wildman–Crippen LogP) is 1.45. The molecule has 0 radical (unpaired) electrons. The Morgan fingerprint density at radius 3 is 2.89 bits per heavy atom. The number of aromatic nitrogens is 1. The van der Waals surface area contributed by atoms with Crippen LogP contribution >= 0.6 is 0 Å². The van der Waals surface area contributed by atoms with Gasteiger partial charge in [-0.3, -0.25) is 4.98 Å². The molecule has 4 nitrogen and oxygen atoms in total. The molecule has 2 aromatic rings. The molecule has 3 N–H and O–H groups in total. The van der Waals surface area contributed by atoms with Gasteiger partial charge in [0.15, 0.2) is 0 Å². The number of pyridine rings is 1. The average Bonchev–Trinajstić information content (AvgIpc) is 2.36. The Morgan fingerprint density at radius 1 is 1.39 bits per heavy atom. The first-order valence-corrected chi connectivity index (χ1v) is 5.70. The summed E-state index contributed by atoms with van der Waals surface area (Å²) in [5, 5.41) is 21.7. The van der Waals surface area contributed by atoms with Crippen LogP contribution in [-0.4, -0.2) is 34.5 Å². The normalized spacial score (nSPS) is 12.7. The predicted molar refractivity (Wildman–Crippen MR) is 68.0 cm³/mol. The Kier molecular flexibility index (Phi) is 3.74. The second-order valence-electron chi connectivity index (χ2n) is 4.19. The Bertz CT molecular complexity index is 560. The first-order valence-electron chi connectivity index (χ1n) is 5.70. The van der Waals surface area contributed by atoms with Crippen molar-refractivity contribution >= 4 is 16.6 Å². The van der Waals surface area contributed by atoms with Crippen LogP contribution in [0.3, 0.4) is 0 Å². The summed E-state index contributed by atoms with van der Waals surface area (Å²) < 4.78 is 13.2. The Morgan fingerprint density at radius 2 is 2.17 bits per heavy atom. The van der Waals surface area contributed by atoms with Gasteiger partial charge in [0, 0.05) is 23.3 Å². The second kappa shape index (κ2) is 5.29. The molecular formula is C13H15FN2O2. The highest BCUT2D eigenvalue weighted by Crippen LogP contribution is 2.23. The van der Waals surface area contributed by atoms with Gasteiger partial charge in [-0.1, -0.05) is 0 Å². The average molecular weight is 250 g/mol. The van der Waals surface area contributed by atoms with Crippen LogP contribution in [0.1, 0.15) is 5.69 Å². The molecule has 0 aliphatic heterocycles. The molecule has 1 aromatic carbocycles. The van der Waals surface area contributed by atoms with E-state index in [1.165, 1.54) is 12.1 Å². The van der Waals surface area contributed by atoms with Crippen molar-refractivity contribution in [3.63, 3.8) is 0 Å². The van der Waals surface area contributed by atoms with Crippen LogP contribution in [0.2, 0.25) is 0 Å². The topological polar surface area (TPSA) is 65.4 Å². The number of aryl methyl sites for hydroxylation is 1. The van der Waals surface area contributed by atoms with Crippen molar-refractivity contribution in [3.8, 4) is 0 Å². The van der Waals surface area contributed by atoms with Crippen molar-refractivity contribution in [1.29, 1.82) is 0 Å². The van der Waals surface area contributed by atoms with E-state index in [0.717, 1.165) is 5.69 Å². The minimum atomic E-state index is -0.845. The Hall–Kier alpha value is -1.72. The van der Waals surface area contributed by atoms with Crippen LogP contribution in [0.25, 0.3) is 10.9 Å². The number of anilines is 1. The smallest absolute Gasteiger partial charge is 0.124 e. The fraction of sp³-hybridized carbons (Fsp3) is 0.308. The van der Waals surface area contributed by atoms with Gasteiger partial charge in [-0.2, -0.15) is 0 Å². The van der Waals surface area contributed by atoms with E-state index in [-0.39, 0.29) is 19.0 Å². The molecule has 18 heavy (non-hydrogen) atoms. The molecule has 0 aliphatic carbocycles. The summed E-state index contributed by atoms with van der Waals surface area (Å²) in [6, 6.07) is 6.16. The molecule has 0 saturated heterocycles. The molecule has 0 saturated carbocycles. The van der Waals surface area contributed by atoms with Gasteiger partial charge < -0.3 is 15.5 Å². The Labute approximate surface area is 104 Å². The summed E-state index contributed by atoms with van der Waals surface area (Å²) in [7, 11) is 0. The molecule has 0 fully saturated rings. The largest absolute Gasteiger partial charge is 0.394 e. The highest BCUT2D eigenvalue weighted by Gasteiger charge is 2.07. The molecule has 0 amide bonds. The number of hydrogen-bond donors (Lipinski definition) is 3. The fourth-order valence-corrected chi connectivity index (χ4v) is 1.77. The number of nitrogens with one attached hydrogen (secondary N) is 1. The van der Waals surface area contributed by atoms with E-state index in [1.807, 2.05) is 6.92 Å². The fourth-order valence-electron chi connectivity index (χ4n) is 1.77. The van der Waals surface area contributed by atoms with Crippen molar-refractivity contribution in [2.75, 3.05) is 18.5 Å². The van der Waals surface area contributed by atoms with Gasteiger partial charge in [0.1, 0.15) is 5.82 Å². The molecule has 2 rings (SSSR count). The molecule has 0 bridgehead atoms. The van der Waals surface area contributed by atoms with Crippen molar-refractivity contribution in [2.24, 2.45) is 0 Å². The molecular weight excluding hydrogens is 235 g/mol. The minimum absolute atomic E-state index is 0.200. The van der Waals surface area contributed by atoms with Gasteiger partial charge in [-0.25, -0.2) is 4.39 Å². The molecule has 96 valence electrons. The second-order valence-corrected chi connectivity index (χ2v) is 4.19. The maximum atomic E-state index is 13.2. The summed E-state index contributed by atoms with van der Waals surface area (Å²) in [4.78, 5) is 4.31. The number of halogens is 1. The first-order chi connectivity index (χ1) is 8.60. The third-order valence-electron chi connectivity index (χ3n) is 2.64. The molecule has 1 heterocycles. The zero-order valence-corrected chi connectivity index (χ0v) is 10.0. The number of rotatable bonds is 4. The van der Waals surface area contributed by atoms with E-state index in [4.69, 9.17) is 5.11 Å². The van der Waals surface area contributed by atoms with E-state index in [0.29, 0.717) is 16.6 Å². The third-order valence-corrected chi connectivity index (χ3v) is 2.64. The monoisotopic (exact) mass is 250 g/mol. The van der Waals surface area contributed by atoms with Gasteiger partial charge >= 0.3 is 0 Å². The molecule has 0 aliphatic rings. The summed E-state index contributed by atoms with van der Waals surface area (Å²) in [5.41, 5.74) is 2.19. The van der Waals surface area contributed by atoms with Crippen molar-refractivity contribution in [3.05, 3.63) is 35.8 Å². The van der Waals surface area contributed by atoms with Crippen LogP contribution in [0, 0.1) is 12.7 Å². The summed E-state index contributed by atoms with van der Waals surface area (Å²) in [6.45, 7) is 1.73. The lowest BCUT2D eigenvalue weighted by Crippen LogP contribution is -2.23. The van der Waals surface area contributed by atoms with Crippen molar-refractivity contribution in [2.45, 2.75) is 13.0 Å². The zero-order valence-electron chi connectivity index (χ0n) is 10.0. The number of fused-ring (bicyclic) bond motifs is 1. The lowest BCUT2D eigenvalue weighted by molar-refractivity contribution is 0.105. The van der Waals surface area contributed by atoms with Crippen LogP contribution < -0.4 is 5.32 Å².